The van der Waals surface area contributed by atoms with Gasteiger partial charge in [-0.1, -0.05) is 41.6 Å². The molecule has 0 aromatic heterocycles. The van der Waals surface area contributed by atoms with Crippen LogP contribution in [0.5, 0.6) is 0 Å². The number of nitrogens with one attached hydrogen (secondary N) is 4. The maximum Gasteiger partial charge on any atom is 0.407 e. The lowest BCUT2D eigenvalue weighted by molar-refractivity contribution is -0.140. The number of carbonyl (C=O) groups is 7. The molecule has 57 heavy (non-hydrogen) atoms. The number of hydrogen-bond donors (Lipinski definition) is 4. The fourth-order valence-electron chi connectivity index (χ4n) is 5.95. The number of nitrogens with zero attached hydrogens (tertiary/aromatic N) is 2. The summed E-state index contributed by atoms with van der Waals surface area (Å²) in [6, 6.07) is -1.16. The second kappa shape index (κ2) is 29.4. The molecule has 4 N–H and O–H groups in total. The number of unbranched alkanes of at least 4 members (excludes halogenated alkanes) is 2. The summed E-state index contributed by atoms with van der Waals surface area (Å²) in [7, 11) is 0. The Morgan fingerprint density at radius 3 is 1.46 bits per heavy atom. The molecule has 2 aliphatic rings. The lowest BCUT2D eigenvalue weighted by atomic mass is 10.0. The van der Waals surface area contributed by atoms with Crippen molar-refractivity contribution in [3.8, 4) is 0 Å². The van der Waals surface area contributed by atoms with E-state index in [0.29, 0.717) is 45.4 Å². The lowest BCUT2D eigenvalue weighted by Crippen LogP contribution is -2.44. The van der Waals surface area contributed by atoms with E-state index in [-0.39, 0.29) is 40.7 Å². The molecule has 0 radical (unpaired) electrons. The first-order valence-electron chi connectivity index (χ1n) is 20.2. The number of Topliss-reactive ketones (excluding diaryl/α,β-unsaturated/α-hetero) is 2. The highest BCUT2D eigenvalue weighted by Crippen LogP contribution is 2.26. The number of carbonyl (C=O) groups excluding carboxylic acids is 7. The third-order valence-electron chi connectivity index (χ3n) is 8.66. The van der Waals surface area contributed by atoms with Crippen molar-refractivity contribution in [2.45, 2.75) is 169 Å². The SMILES string of the molecule is CC(C)(C)OC(=O)NCCCC[C@H](NC(=O)C1CCCC1)C(=O)C=[N+]=[N-].CC(C)(C)OC(=O)NCCCC[C@H](NC(=O)C1CCCC1)C(=O)CBr.CCOC(C)=O. The Morgan fingerprint density at radius 2 is 1.12 bits per heavy atom. The second-order valence-corrected chi connectivity index (χ2v) is 16.7. The van der Waals surface area contributed by atoms with Crippen LogP contribution in [0.15, 0.2) is 0 Å². The molecular weight excluding hydrogens is 804 g/mol. The number of esters is 1. The van der Waals surface area contributed by atoms with Crippen LogP contribution < -0.4 is 21.3 Å². The van der Waals surface area contributed by atoms with Crippen molar-refractivity contribution in [3.05, 3.63) is 5.53 Å². The maximum absolute atomic E-state index is 12.2. The topological polar surface area (TPSA) is 232 Å². The molecule has 0 spiro atoms. The van der Waals surface area contributed by atoms with Crippen LogP contribution in [0.4, 0.5) is 9.59 Å². The third-order valence-corrected chi connectivity index (χ3v) is 9.21. The molecule has 0 aromatic carbocycles. The van der Waals surface area contributed by atoms with E-state index in [4.69, 9.17) is 15.0 Å². The minimum atomic E-state index is -0.708. The summed E-state index contributed by atoms with van der Waals surface area (Å²) in [4.78, 5) is 84.2. The molecule has 0 heterocycles. The molecule has 0 saturated heterocycles. The van der Waals surface area contributed by atoms with Gasteiger partial charge in [-0.15, -0.1) is 0 Å². The monoisotopic (exact) mass is 872 g/mol. The van der Waals surface area contributed by atoms with Crippen LogP contribution >= 0.6 is 15.9 Å². The van der Waals surface area contributed by atoms with E-state index in [1.807, 2.05) is 20.8 Å². The van der Waals surface area contributed by atoms with Crippen molar-refractivity contribution >= 4 is 63.7 Å². The molecule has 4 amide bonds. The van der Waals surface area contributed by atoms with Crippen LogP contribution in [0.2, 0.25) is 0 Å². The van der Waals surface area contributed by atoms with Crippen molar-refractivity contribution in [3.63, 3.8) is 0 Å². The maximum atomic E-state index is 12.2. The fraction of sp³-hybridized carbons (Fsp3) is 0.800. The molecular formula is C40H69BrN6O10. The lowest BCUT2D eigenvalue weighted by Gasteiger charge is -2.20. The Labute approximate surface area is 347 Å². The van der Waals surface area contributed by atoms with Crippen LogP contribution in [0, 0.1) is 11.8 Å². The van der Waals surface area contributed by atoms with Gasteiger partial charge >= 0.3 is 24.4 Å². The van der Waals surface area contributed by atoms with Crippen molar-refractivity contribution in [1.29, 1.82) is 0 Å². The minimum Gasteiger partial charge on any atom is -0.466 e. The molecule has 0 aromatic rings. The molecule has 2 saturated carbocycles. The van der Waals surface area contributed by atoms with Gasteiger partial charge in [0.05, 0.1) is 24.0 Å². The van der Waals surface area contributed by atoms with E-state index in [2.05, 4.69) is 46.7 Å². The number of alkyl carbamates (subject to hydrolysis) is 2. The smallest absolute Gasteiger partial charge is 0.407 e. The van der Waals surface area contributed by atoms with Gasteiger partial charge in [0.15, 0.2) is 5.78 Å². The van der Waals surface area contributed by atoms with Crippen molar-refractivity contribution in [2.24, 2.45) is 11.8 Å². The molecule has 2 rings (SSSR count). The summed E-state index contributed by atoms with van der Waals surface area (Å²) in [6.45, 7) is 15.4. The molecule has 0 bridgehead atoms. The summed E-state index contributed by atoms with van der Waals surface area (Å²) in [5.74, 6) is -0.740. The molecule has 2 fully saturated rings. The first-order valence-corrected chi connectivity index (χ1v) is 21.3. The highest BCUT2D eigenvalue weighted by Gasteiger charge is 2.29. The van der Waals surface area contributed by atoms with E-state index in [9.17, 15) is 33.6 Å². The number of ether oxygens (including phenoxy) is 3. The van der Waals surface area contributed by atoms with Gasteiger partial charge in [0, 0.05) is 31.8 Å². The normalized spacial score (nSPS) is 15.1. The largest absolute Gasteiger partial charge is 0.466 e. The first kappa shape index (κ1) is 53.1. The van der Waals surface area contributed by atoms with E-state index >= 15 is 0 Å². The number of amides is 4. The predicted octanol–water partition coefficient (Wildman–Crippen LogP) is 6.12. The van der Waals surface area contributed by atoms with Gasteiger partial charge < -0.3 is 41.0 Å². The van der Waals surface area contributed by atoms with E-state index < -0.39 is 41.3 Å². The average Bonchev–Trinajstić information content (AvgIpc) is 3.85. The van der Waals surface area contributed by atoms with Crippen LogP contribution in [0.3, 0.4) is 0 Å². The van der Waals surface area contributed by atoms with Gasteiger partial charge in [-0.3, -0.25) is 24.0 Å². The number of halogens is 1. The van der Waals surface area contributed by atoms with Crippen molar-refractivity contribution < 1.29 is 52.6 Å². The summed E-state index contributed by atoms with van der Waals surface area (Å²) in [6.07, 6.45) is 11.4. The molecule has 2 atom stereocenters. The average molecular weight is 874 g/mol. The van der Waals surface area contributed by atoms with Crippen LogP contribution in [0.1, 0.15) is 145 Å². The Bertz CT molecular complexity index is 1310. The molecule has 2 aliphatic carbocycles. The predicted molar refractivity (Wildman–Crippen MR) is 220 cm³/mol. The zero-order valence-electron chi connectivity index (χ0n) is 35.5. The third kappa shape index (κ3) is 28.2. The molecule has 326 valence electrons. The van der Waals surface area contributed by atoms with Gasteiger partial charge in [-0.2, -0.15) is 4.79 Å². The number of alkyl halides is 1. The van der Waals surface area contributed by atoms with E-state index in [1.54, 1.807) is 27.7 Å². The van der Waals surface area contributed by atoms with Gasteiger partial charge in [0.25, 0.3) is 5.78 Å². The van der Waals surface area contributed by atoms with Crippen molar-refractivity contribution in [2.75, 3.05) is 25.0 Å². The Hall–Kier alpha value is -3.85. The Kier molecular flexibility index (Phi) is 27.4. The summed E-state index contributed by atoms with van der Waals surface area (Å²) in [5, 5.41) is 11.3. The quantitative estimate of drug-likeness (QED) is 0.0221. The van der Waals surface area contributed by atoms with E-state index in [1.165, 1.54) is 6.92 Å². The van der Waals surface area contributed by atoms with Gasteiger partial charge in [0.2, 0.25) is 11.8 Å². The molecule has 17 heteroatoms. The highest BCUT2D eigenvalue weighted by molar-refractivity contribution is 9.09. The number of rotatable bonds is 19. The standard InChI is InChI=1S/C18H31BrN2O4.C18H30N4O4.C4H8O2/c1-18(2,3)25-17(24)20-11-7-6-10-14(15(22)12-19)21-16(23)13-8-4-5-9-13;1-18(2,3)26-17(25)20-11-7-6-10-14(15(23)12-21-19)22-16(24)13-8-4-5-9-13;1-3-6-4(2)5/h13-14H,4-12H2,1-3H3,(H,20,24)(H,21,23);12-14H,4-11H2,1-3H3,(H,20,25)(H,22,24);3H2,1-2H3/t2*14-;/m00./s1. The van der Waals surface area contributed by atoms with Gasteiger partial charge in [-0.05, 0) is 113 Å². The Morgan fingerprint density at radius 1 is 0.719 bits per heavy atom. The molecule has 16 nitrogen and oxygen atoms in total. The molecule has 0 unspecified atom stereocenters. The zero-order chi connectivity index (χ0) is 43.4. The number of ketones is 2. The van der Waals surface area contributed by atoms with Crippen LogP contribution in [0.25, 0.3) is 5.53 Å². The number of hydrogen-bond acceptors (Lipinski definition) is 10. The zero-order valence-corrected chi connectivity index (χ0v) is 37.1. The first-order chi connectivity index (χ1) is 26.7. The fourth-order valence-corrected chi connectivity index (χ4v) is 6.34. The highest BCUT2D eigenvalue weighted by atomic mass is 79.9. The Balaban J connectivity index is 0.000000962. The van der Waals surface area contributed by atoms with Gasteiger partial charge in [0.1, 0.15) is 11.2 Å². The summed E-state index contributed by atoms with van der Waals surface area (Å²) in [5.41, 5.74) is 7.51. The van der Waals surface area contributed by atoms with Crippen LogP contribution in [-0.4, -0.2) is 101 Å². The minimum absolute atomic E-state index is 0.00341. The summed E-state index contributed by atoms with van der Waals surface area (Å²) < 4.78 is 14.7. The molecule has 0 aliphatic heterocycles. The summed E-state index contributed by atoms with van der Waals surface area (Å²) >= 11 is 3.18. The van der Waals surface area contributed by atoms with Crippen molar-refractivity contribution in [1.82, 2.24) is 21.3 Å². The van der Waals surface area contributed by atoms with E-state index in [0.717, 1.165) is 70.4 Å². The van der Waals surface area contributed by atoms with Crippen LogP contribution in [-0.2, 0) is 38.2 Å². The van der Waals surface area contributed by atoms with Gasteiger partial charge in [-0.25, -0.2) is 9.59 Å². The second-order valence-electron chi connectivity index (χ2n) is 16.1.